The second-order valence-electron chi connectivity index (χ2n) is 5.59. The Labute approximate surface area is 117 Å². The van der Waals surface area contributed by atoms with Crippen LogP contribution in [0.3, 0.4) is 0 Å². The number of carbonyl (C=O) groups excluding carboxylic acids is 2. The van der Waals surface area contributed by atoms with Crippen molar-refractivity contribution in [3.63, 3.8) is 0 Å². The topological polar surface area (TPSA) is 68.3 Å². The van der Waals surface area contributed by atoms with Crippen molar-refractivity contribution in [3.8, 4) is 0 Å². The van der Waals surface area contributed by atoms with Crippen molar-refractivity contribution in [2.24, 2.45) is 5.41 Å². The number of nitrogens with one attached hydrogen (secondary N) is 1. The SMILES string of the molecule is CC(=O)OCC(=O)Nc1sc(CC(C)(C)C)nc1C. The molecule has 0 aliphatic carbocycles. The molecule has 1 rings (SSSR count). The second kappa shape index (κ2) is 6.14. The van der Waals surface area contributed by atoms with Crippen LogP contribution in [0.2, 0.25) is 0 Å². The van der Waals surface area contributed by atoms with Crippen LogP contribution in [-0.2, 0) is 20.7 Å². The largest absolute Gasteiger partial charge is 0.456 e. The van der Waals surface area contributed by atoms with E-state index < -0.39 is 5.97 Å². The summed E-state index contributed by atoms with van der Waals surface area (Å²) in [7, 11) is 0. The molecule has 1 aromatic heterocycles. The minimum Gasteiger partial charge on any atom is -0.456 e. The number of nitrogens with zero attached hydrogens (tertiary/aromatic N) is 1. The lowest BCUT2D eigenvalue weighted by Gasteiger charge is -2.15. The molecule has 0 radical (unpaired) electrons. The van der Waals surface area contributed by atoms with Gasteiger partial charge >= 0.3 is 5.97 Å². The van der Waals surface area contributed by atoms with Crippen molar-refractivity contribution in [2.45, 2.75) is 41.0 Å². The van der Waals surface area contributed by atoms with Gasteiger partial charge in [-0.05, 0) is 12.3 Å². The second-order valence-corrected chi connectivity index (χ2v) is 6.67. The Morgan fingerprint density at radius 1 is 1.37 bits per heavy atom. The number of ether oxygens (including phenoxy) is 1. The smallest absolute Gasteiger partial charge is 0.303 e. The molecule has 1 amide bonds. The van der Waals surface area contributed by atoms with Gasteiger partial charge in [0.1, 0.15) is 5.00 Å². The Balaban J connectivity index is 2.64. The molecule has 0 spiro atoms. The van der Waals surface area contributed by atoms with Gasteiger partial charge in [0.2, 0.25) is 0 Å². The highest BCUT2D eigenvalue weighted by Gasteiger charge is 2.17. The number of hydrogen-bond acceptors (Lipinski definition) is 5. The number of amides is 1. The summed E-state index contributed by atoms with van der Waals surface area (Å²) in [6.07, 6.45) is 0.859. The molecule has 0 fully saturated rings. The van der Waals surface area contributed by atoms with Gasteiger partial charge in [0.15, 0.2) is 6.61 Å². The fourth-order valence-electron chi connectivity index (χ4n) is 1.43. The van der Waals surface area contributed by atoms with Crippen LogP contribution in [-0.4, -0.2) is 23.5 Å². The Hall–Kier alpha value is -1.43. The minimum atomic E-state index is -0.468. The average molecular weight is 284 g/mol. The molecule has 0 aliphatic rings. The third kappa shape index (κ3) is 5.83. The van der Waals surface area contributed by atoms with E-state index in [2.05, 4.69) is 35.8 Å². The maximum Gasteiger partial charge on any atom is 0.303 e. The number of hydrogen-bond donors (Lipinski definition) is 1. The molecule has 1 heterocycles. The highest BCUT2D eigenvalue weighted by molar-refractivity contribution is 7.16. The highest BCUT2D eigenvalue weighted by atomic mass is 32.1. The summed E-state index contributed by atoms with van der Waals surface area (Å²) in [6.45, 7) is 9.28. The lowest BCUT2D eigenvalue weighted by atomic mass is 9.93. The molecule has 19 heavy (non-hydrogen) atoms. The third-order valence-corrected chi connectivity index (χ3v) is 3.25. The van der Waals surface area contributed by atoms with Crippen LogP contribution in [0.5, 0.6) is 0 Å². The molecular formula is C13H20N2O3S. The van der Waals surface area contributed by atoms with Crippen LogP contribution in [0.25, 0.3) is 0 Å². The van der Waals surface area contributed by atoms with Gasteiger partial charge in [0, 0.05) is 13.3 Å². The zero-order chi connectivity index (χ0) is 14.6. The predicted molar refractivity (Wildman–Crippen MR) is 75.3 cm³/mol. The van der Waals surface area contributed by atoms with E-state index in [4.69, 9.17) is 0 Å². The molecule has 0 saturated carbocycles. The van der Waals surface area contributed by atoms with Gasteiger partial charge in [-0.2, -0.15) is 0 Å². The third-order valence-electron chi connectivity index (χ3n) is 2.18. The van der Waals surface area contributed by atoms with Crippen molar-refractivity contribution >= 4 is 28.2 Å². The average Bonchev–Trinajstić information content (AvgIpc) is 2.53. The molecule has 0 aromatic carbocycles. The van der Waals surface area contributed by atoms with E-state index in [-0.39, 0.29) is 17.9 Å². The highest BCUT2D eigenvalue weighted by Crippen LogP contribution is 2.29. The van der Waals surface area contributed by atoms with E-state index in [0.29, 0.717) is 0 Å². The lowest BCUT2D eigenvalue weighted by Crippen LogP contribution is -2.19. The van der Waals surface area contributed by atoms with Crippen molar-refractivity contribution < 1.29 is 14.3 Å². The first-order valence-electron chi connectivity index (χ1n) is 6.07. The van der Waals surface area contributed by atoms with E-state index in [9.17, 15) is 9.59 Å². The molecule has 0 atom stereocenters. The van der Waals surface area contributed by atoms with E-state index >= 15 is 0 Å². The number of anilines is 1. The normalized spacial score (nSPS) is 11.2. The van der Waals surface area contributed by atoms with Crippen molar-refractivity contribution in [2.75, 3.05) is 11.9 Å². The van der Waals surface area contributed by atoms with E-state index in [1.807, 2.05) is 6.92 Å². The Bertz CT molecular complexity index is 475. The number of aryl methyl sites for hydroxylation is 1. The van der Waals surface area contributed by atoms with E-state index in [0.717, 1.165) is 22.1 Å². The van der Waals surface area contributed by atoms with Crippen LogP contribution >= 0.6 is 11.3 Å². The minimum absolute atomic E-state index is 0.156. The number of thiazole rings is 1. The summed E-state index contributed by atoms with van der Waals surface area (Å²) < 4.78 is 4.64. The summed E-state index contributed by atoms with van der Waals surface area (Å²) in [6, 6.07) is 0. The molecule has 0 bridgehead atoms. The summed E-state index contributed by atoms with van der Waals surface area (Å²) in [5.41, 5.74) is 0.948. The first-order chi connectivity index (χ1) is 8.67. The maximum atomic E-state index is 11.6. The Morgan fingerprint density at radius 3 is 2.53 bits per heavy atom. The number of esters is 1. The Kier molecular flexibility index (Phi) is 5.05. The van der Waals surface area contributed by atoms with Crippen LogP contribution in [0.4, 0.5) is 5.00 Å². The van der Waals surface area contributed by atoms with E-state index in [1.54, 1.807) is 0 Å². The first kappa shape index (κ1) is 15.6. The molecule has 0 saturated heterocycles. The van der Waals surface area contributed by atoms with E-state index in [1.165, 1.54) is 18.3 Å². The fraction of sp³-hybridized carbons (Fsp3) is 0.615. The number of rotatable bonds is 4. The molecule has 0 aliphatic heterocycles. The Morgan fingerprint density at radius 2 is 2.00 bits per heavy atom. The van der Waals surface area contributed by atoms with Gasteiger partial charge in [-0.25, -0.2) is 4.98 Å². The van der Waals surface area contributed by atoms with Gasteiger partial charge in [-0.15, -0.1) is 11.3 Å². The van der Waals surface area contributed by atoms with Gasteiger partial charge in [0.05, 0.1) is 10.7 Å². The number of carbonyl (C=O) groups is 2. The summed E-state index contributed by atoms with van der Waals surface area (Å²) in [5.74, 6) is -0.811. The van der Waals surface area contributed by atoms with Crippen LogP contribution in [0, 0.1) is 12.3 Å². The molecule has 1 aromatic rings. The summed E-state index contributed by atoms with van der Waals surface area (Å²) in [5, 5.41) is 4.42. The standard InChI is InChI=1S/C13H20N2O3S/c1-8-12(15-10(17)7-18-9(2)16)19-11(14-8)6-13(3,4)5/h6-7H2,1-5H3,(H,15,17). The summed E-state index contributed by atoms with van der Waals surface area (Å²) >= 11 is 1.47. The van der Waals surface area contributed by atoms with Crippen LogP contribution < -0.4 is 5.32 Å². The molecule has 5 nitrogen and oxygen atoms in total. The molecule has 0 unspecified atom stereocenters. The van der Waals surface area contributed by atoms with Gasteiger partial charge in [-0.3, -0.25) is 9.59 Å². The van der Waals surface area contributed by atoms with Gasteiger partial charge in [-0.1, -0.05) is 20.8 Å². The summed E-state index contributed by atoms with van der Waals surface area (Å²) in [4.78, 5) is 26.6. The molecule has 1 N–H and O–H groups in total. The monoisotopic (exact) mass is 284 g/mol. The quantitative estimate of drug-likeness (QED) is 0.863. The fourth-order valence-corrected chi connectivity index (χ4v) is 2.71. The molecular weight excluding hydrogens is 264 g/mol. The maximum absolute atomic E-state index is 11.6. The van der Waals surface area contributed by atoms with Crippen molar-refractivity contribution in [1.29, 1.82) is 0 Å². The van der Waals surface area contributed by atoms with Crippen molar-refractivity contribution in [1.82, 2.24) is 4.98 Å². The van der Waals surface area contributed by atoms with Crippen LogP contribution in [0.15, 0.2) is 0 Å². The molecule has 106 valence electrons. The molecule has 6 heteroatoms. The zero-order valence-corrected chi connectivity index (χ0v) is 12.8. The van der Waals surface area contributed by atoms with Gasteiger partial charge < -0.3 is 10.1 Å². The van der Waals surface area contributed by atoms with Crippen molar-refractivity contribution in [3.05, 3.63) is 10.7 Å². The van der Waals surface area contributed by atoms with Crippen LogP contribution in [0.1, 0.15) is 38.4 Å². The number of aromatic nitrogens is 1. The van der Waals surface area contributed by atoms with Gasteiger partial charge in [0.25, 0.3) is 5.91 Å². The first-order valence-corrected chi connectivity index (χ1v) is 6.88. The zero-order valence-electron chi connectivity index (χ0n) is 12.0. The lowest BCUT2D eigenvalue weighted by molar-refractivity contribution is -0.144. The predicted octanol–water partition coefficient (Wildman–Crippen LogP) is 2.54.